The van der Waals surface area contributed by atoms with E-state index in [1.165, 1.54) is 11.1 Å². The zero-order valence-electron chi connectivity index (χ0n) is 27.8. The fourth-order valence-corrected chi connectivity index (χ4v) is 5.46. The highest BCUT2D eigenvalue weighted by Crippen LogP contribution is 2.44. The topological polar surface area (TPSA) is 103 Å². The molecule has 47 heavy (non-hydrogen) atoms. The highest BCUT2D eigenvalue weighted by molar-refractivity contribution is 5.97. The summed E-state index contributed by atoms with van der Waals surface area (Å²) in [7, 11) is 0. The van der Waals surface area contributed by atoms with E-state index in [0.717, 1.165) is 22.3 Å². The highest BCUT2D eigenvalue weighted by Gasteiger charge is 2.30. The van der Waals surface area contributed by atoms with E-state index in [1.54, 1.807) is 39.0 Å². The molecule has 0 aliphatic heterocycles. The predicted octanol–water partition coefficient (Wildman–Crippen LogP) is 7.97. The van der Waals surface area contributed by atoms with Crippen molar-refractivity contribution in [2.24, 2.45) is 0 Å². The molecule has 4 aromatic carbocycles. The Labute approximate surface area is 276 Å². The molecule has 1 aliphatic carbocycles. The number of rotatable bonds is 9. The summed E-state index contributed by atoms with van der Waals surface area (Å²) >= 11 is 0. The molecule has 0 heterocycles. The number of carbonyl (C=O) groups is 3. The highest BCUT2D eigenvalue weighted by atomic mass is 16.6. The zero-order valence-corrected chi connectivity index (χ0v) is 27.8. The summed E-state index contributed by atoms with van der Waals surface area (Å²) in [5, 5.41) is 5.60. The first-order valence-corrected chi connectivity index (χ1v) is 15.8. The van der Waals surface area contributed by atoms with E-state index in [-0.39, 0.29) is 19.1 Å². The second kappa shape index (κ2) is 13.8. The standard InChI is InChI=1S/C39H42N2O6/c1-38(2,3)46-24-34(36(43)47-39(4,5)6)41-35(42)26-20-18-25(19-21-26)27-12-11-13-28(22-27)40-37(44)45-23-33-31-16-9-7-14-29(31)30-15-8-10-17-32(30)33/h7-22,33-34H,23-24H2,1-6H3,(H,40,44)(H,41,42). The van der Waals surface area contributed by atoms with Crippen LogP contribution in [-0.4, -0.2) is 48.4 Å². The predicted molar refractivity (Wildman–Crippen MR) is 183 cm³/mol. The van der Waals surface area contributed by atoms with Crippen molar-refractivity contribution >= 4 is 23.7 Å². The van der Waals surface area contributed by atoms with E-state index in [4.69, 9.17) is 14.2 Å². The van der Waals surface area contributed by atoms with E-state index in [2.05, 4.69) is 34.9 Å². The number of fused-ring (bicyclic) bond motifs is 3. The van der Waals surface area contributed by atoms with E-state index < -0.39 is 35.2 Å². The Morgan fingerprint density at radius 3 is 1.94 bits per heavy atom. The van der Waals surface area contributed by atoms with Gasteiger partial charge in [-0.15, -0.1) is 0 Å². The van der Waals surface area contributed by atoms with E-state index in [1.807, 2.05) is 75.4 Å². The van der Waals surface area contributed by atoms with Gasteiger partial charge in [0, 0.05) is 17.2 Å². The van der Waals surface area contributed by atoms with E-state index >= 15 is 0 Å². The van der Waals surface area contributed by atoms with Crippen molar-refractivity contribution in [3.05, 3.63) is 114 Å². The van der Waals surface area contributed by atoms with Gasteiger partial charge >= 0.3 is 12.1 Å². The lowest BCUT2D eigenvalue weighted by atomic mass is 9.98. The quantitative estimate of drug-likeness (QED) is 0.181. The smallest absolute Gasteiger partial charge is 0.411 e. The van der Waals surface area contributed by atoms with Gasteiger partial charge in [-0.3, -0.25) is 10.1 Å². The second-order valence-corrected chi connectivity index (χ2v) is 13.6. The maximum atomic E-state index is 13.1. The fourth-order valence-electron chi connectivity index (χ4n) is 5.46. The summed E-state index contributed by atoms with van der Waals surface area (Å²) in [4.78, 5) is 38.8. The van der Waals surface area contributed by atoms with Crippen molar-refractivity contribution in [1.82, 2.24) is 5.32 Å². The average molecular weight is 635 g/mol. The van der Waals surface area contributed by atoms with Crippen LogP contribution in [0.5, 0.6) is 0 Å². The minimum Gasteiger partial charge on any atom is -0.458 e. The van der Waals surface area contributed by atoms with Crippen molar-refractivity contribution in [3.8, 4) is 22.3 Å². The molecule has 1 unspecified atom stereocenters. The average Bonchev–Trinajstić information content (AvgIpc) is 3.34. The number of ether oxygens (including phenoxy) is 3. The van der Waals surface area contributed by atoms with Crippen LogP contribution in [0.4, 0.5) is 10.5 Å². The molecule has 0 spiro atoms. The van der Waals surface area contributed by atoms with Crippen LogP contribution in [0, 0.1) is 0 Å². The molecule has 4 aromatic rings. The van der Waals surface area contributed by atoms with Gasteiger partial charge in [0.1, 0.15) is 12.2 Å². The third kappa shape index (κ3) is 8.65. The molecule has 8 heteroatoms. The summed E-state index contributed by atoms with van der Waals surface area (Å²) in [6.45, 7) is 11.2. The number of carbonyl (C=O) groups excluding carboxylic acids is 3. The van der Waals surface area contributed by atoms with Crippen LogP contribution < -0.4 is 10.6 Å². The third-order valence-corrected chi connectivity index (χ3v) is 7.61. The van der Waals surface area contributed by atoms with Gasteiger partial charge in [0.15, 0.2) is 6.04 Å². The first-order valence-electron chi connectivity index (χ1n) is 15.8. The Balaban J connectivity index is 1.21. The maximum Gasteiger partial charge on any atom is 0.411 e. The minimum atomic E-state index is -0.971. The van der Waals surface area contributed by atoms with Crippen LogP contribution in [-0.2, 0) is 19.0 Å². The monoisotopic (exact) mass is 634 g/mol. The summed E-state index contributed by atoms with van der Waals surface area (Å²) < 4.78 is 17.0. The van der Waals surface area contributed by atoms with Crippen LogP contribution >= 0.6 is 0 Å². The molecule has 0 aromatic heterocycles. The van der Waals surface area contributed by atoms with Gasteiger partial charge in [0.2, 0.25) is 0 Å². The first-order chi connectivity index (χ1) is 22.3. The number of benzene rings is 4. The molecule has 2 N–H and O–H groups in total. The molecule has 1 atom stereocenters. The van der Waals surface area contributed by atoms with Crippen molar-refractivity contribution in [1.29, 1.82) is 0 Å². The number of hydrogen-bond donors (Lipinski definition) is 2. The summed E-state index contributed by atoms with van der Waals surface area (Å²) in [5.74, 6) is -1.01. The lowest BCUT2D eigenvalue weighted by Crippen LogP contribution is -2.48. The number of nitrogens with one attached hydrogen (secondary N) is 2. The van der Waals surface area contributed by atoms with Crippen LogP contribution in [0.1, 0.15) is 68.9 Å². The van der Waals surface area contributed by atoms with Crippen molar-refractivity contribution in [2.75, 3.05) is 18.5 Å². The molecule has 0 fully saturated rings. The maximum absolute atomic E-state index is 13.1. The van der Waals surface area contributed by atoms with Crippen LogP contribution in [0.3, 0.4) is 0 Å². The molecular weight excluding hydrogens is 592 g/mol. The fraction of sp³-hybridized carbons (Fsp3) is 0.308. The van der Waals surface area contributed by atoms with Crippen molar-refractivity contribution in [3.63, 3.8) is 0 Å². The first kappa shape index (κ1) is 33.4. The Morgan fingerprint density at radius 1 is 0.723 bits per heavy atom. The number of anilines is 1. The molecule has 0 saturated carbocycles. The van der Waals surface area contributed by atoms with Crippen LogP contribution in [0.2, 0.25) is 0 Å². The second-order valence-electron chi connectivity index (χ2n) is 13.6. The van der Waals surface area contributed by atoms with E-state index in [0.29, 0.717) is 11.3 Å². The van der Waals surface area contributed by atoms with Gasteiger partial charge in [-0.1, -0.05) is 72.8 Å². The Morgan fingerprint density at radius 2 is 1.34 bits per heavy atom. The summed E-state index contributed by atoms with van der Waals surface area (Å²) in [6, 6.07) is 29.9. The number of hydrogen-bond acceptors (Lipinski definition) is 6. The van der Waals surface area contributed by atoms with Crippen molar-refractivity contribution in [2.45, 2.75) is 64.7 Å². The zero-order chi connectivity index (χ0) is 33.8. The molecule has 5 rings (SSSR count). The Bertz CT molecular complexity index is 1700. The molecule has 2 amide bonds. The third-order valence-electron chi connectivity index (χ3n) is 7.61. The van der Waals surface area contributed by atoms with Gasteiger partial charge in [-0.05, 0) is 99.2 Å². The molecule has 244 valence electrons. The van der Waals surface area contributed by atoms with Gasteiger partial charge in [0.25, 0.3) is 5.91 Å². The van der Waals surface area contributed by atoms with Gasteiger partial charge in [-0.25, -0.2) is 9.59 Å². The molecule has 0 saturated heterocycles. The van der Waals surface area contributed by atoms with Gasteiger partial charge in [0.05, 0.1) is 12.2 Å². The normalized spacial score (nSPS) is 13.2. The Hall–Kier alpha value is -4.95. The lowest BCUT2D eigenvalue weighted by molar-refractivity contribution is -0.160. The molecule has 8 nitrogen and oxygen atoms in total. The van der Waals surface area contributed by atoms with Crippen molar-refractivity contribution < 1.29 is 28.6 Å². The van der Waals surface area contributed by atoms with E-state index in [9.17, 15) is 14.4 Å². The minimum absolute atomic E-state index is 0.0221. The van der Waals surface area contributed by atoms with Gasteiger partial charge in [-0.2, -0.15) is 0 Å². The SMILES string of the molecule is CC(C)(C)OCC(NC(=O)c1ccc(-c2cccc(NC(=O)OCC3c4ccccc4-c4ccccc43)c2)cc1)C(=O)OC(C)(C)C. The number of esters is 1. The largest absolute Gasteiger partial charge is 0.458 e. The number of amides is 2. The molecule has 0 radical (unpaired) electrons. The molecule has 1 aliphatic rings. The Kier molecular flexibility index (Phi) is 9.82. The van der Waals surface area contributed by atoms with Crippen LogP contribution in [0.15, 0.2) is 97.1 Å². The molecule has 0 bridgehead atoms. The lowest BCUT2D eigenvalue weighted by Gasteiger charge is -2.27. The van der Waals surface area contributed by atoms with Gasteiger partial charge < -0.3 is 19.5 Å². The van der Waals surface area contributed by atoms with Crippen LogP contribution in [0.25, 0.3) is 22.3 Å². The molecular formula is C39H42N2O6. The summed E-state index contributed by atoms with van der Waals surface area (Å²) in [5.41, 5.74) is 6.09. The summed E-state index contributed by atoms with van der Waals surface area (Å²) in [6.07, 6.45) is -0.536.